The number of imidazole rings is 1. The van der Waals surface area contributed by atoms with Gasteiger partial charge < -0.3 is 18.8 Å². The summed E-state index contributed by atoms with van der Waals surface area (Å²) >= 11 is 0. The van der Waals surface area contributed by atoms with Crippen molar-refractivity contribution in [3.63, 3.8) is 0 Å². The molecule has 1 aromatic heterocycles. The number of benzene rings is 2. The second-order valence-corrected chi connectivity index (χ2v) is 9.19. The fourth-order valence-corrected chi connectivity index (χ4v) is 4.97. The highest BCUT2D eigenvalue weighted by Crippen LogP contribution is 2.38. The fraction of sp³-hybridized carbons (Fsp3) is 0.385. The summed E-state index contributed by atoms with van der Waals surface area (Å²) in [5.41, 5.74) is 5.71. The molecule has 2 aliphatic heterocycles. The number of fused-ring (bicyclic) bond motifs is 1. The summed E-state index contributed by atoms with van der Waals surface area (Å²) in [6.07, 6.45) is 0.0656. The first-order valence-electron chi connectivity index (χ1n) is 11.8. The van der Waals surface area contributed by atoms with Crippen molar-refractivity contribution in [3.05, 3.63) is 71.2 Å². The van der Waals surface area contributed by atoms with Gasteiger partial charge in [-0.05, 0) is 53.4 Å². The Morgan fingerprint density at radius 1 is 1.17 bits per heavy atom. The molecule has 10 heteroatoms. The number of aromatic nitrogens is 2. The number of carbonyl (C=O) groups excluding carboxylic acids is 1. The molecule has 1 atom stereocenters. The molecule has 0 bridgehead atoms. The molecular weight excluding hydrogens is 473 g/mol. The van der Waals surface area contributed by atoms with Crippen LogP contribution in [0.1, 0.15) is 28.3 Å². The first-order chi connectivity index (χ1) is 17.3. The Morgan fingerprint density at radius 3 is 2.61 bits per heavy atom. The quantitative estimate of drug-likeness (QED) is 0.451. The van der Waals surface area contributed by atoms with Crippen LogP contribution in [0.5, 0.6) is 5.75 Å². The minimum absolute atomic E-state index is 0.267. The number of nitrogens with zero attached hydrogens (tertiary/aromatic N) is 4. The molecule has 2 aromatic carbocycles. The third-order valence-electron chi connectivity index (χ3n) is 6.60. The molecule has 7 nitrogen and oxygen atoms in total. The molecule has 3 aromatic rings. The molecule has 1 fully saturated rings. The summed E-state index contributed by atoms with van der Waals surface area (Å²) in [4.78, 5) is 21.0. The average Bonchev–Trinajstić information content (AvgIpc) is 3.44. The van der Waals surface area contributed by atoms with Crippen LogP contribution in [0.15, 0.2) is 48.9 Å². The number of aryl methyl sites for hydroxylation is 1. The van der Waals surface area contributed by atoms with E-state index in [0.717, 1.165) is 72.8 Å². The van der Waals surface area contributed by atoms with E-state index in [-0.39, 0.29) is 5.75 Å². The minimum Gasteiger partial charge on any atom is -0.406 e. The molecule has 190 valence electrons. The minimum atomic E-state index is -4.73. The molecule has 0 amide bonds. The number of hydrogen-bond acceptors (Lipinski definition) is 6. The molecule has 1 saturated heterocycles. The zero-order chi connectivity index (χ0) is 25.3. The van der Waals surface area contributed by atoms with E-state index in [9.17, 15) is 18.0 Å². The third-order valence-corrected chi connectivity index (χ3v) is 6.60. The Labute approximate surface area is 207 Å². The van der Waals surface area contributed by atoms with Gasteiger partial charge in [0.25, 0.3) is 0 Å². The van der Waals surface area contributed by atoms with E-state index in [1.54, 1.807) is 12.1 Å². The maximum absolute atomic E-state index is 12.4. The maximum Gasteiger partial charge on any atom is 0.573 e. The van der Waals surface area contributed by atoms with Gasteiger partial charge in [0.05, 0.1) is 37.9 Å². The number of ether oxygens (including phenoxy) is 2. The van der Waals surface area contributed by atoms with Crippen molar-refractivity contribution in [3.8, 4) is 17.0 Å². The van der Waals surface area contributed by atoms with Crippen LogP contribution >= 0.6 is 0 Å². The molecule has 0 spiro atoms. The highest BCUT2D eigenvalue weighted by molar-refractivity contribution is 5.70. The van der Waals surface area contributed by atoms with Gasteiger partial charge in [-0.15, -0.1) is 13.2 Å². The molecule has 0 N–H and O–H groups in total. The zero-order valence-corrected chi connectivity index (χ0v) is 19.9. The summed E-state index contributed by atoms with van der Waals surface area (Å²) in [6.45, 7) is 7.01. The summed E-state index contributed by atoms with van der Waals surface area (Å²) in [5, 5.41) is 0. The number of hydrogen-bond donors (Lipinski definition) is 0. The van der Waals surface area contributed by atoms with Gasteiger partial charge in [0.1, 0.15) is 12.0 Å². The first kappa shape index (κ1) is 24.5. The monoisotopic (exact) mass is 500 g/mol. The Hall–Kier alpha value is -3.21. The van der Waals surface area contributed by atoms with E-state index in [1.165, 1.54) is 12.1 Å². The predicted octanol–water partition coefficient (Wildman–Crippen LogP) is 4.30. The van der Waals surface area contributed by atoms with Crippen molar-refractivity contribution in [2.24, 2.45) is 0 Å². The zero-order valence-electron chi connectivity index (χ0n) is 19.9. The molecule has 36 heavy (non-hydrogen) atoms. The van der Waals surface area contributed by atoms with Crippen molar-refractivity contribution in [1.82, 2.24) is 19.4 Å². The largest absolute Gasteiger partial charge is 0.573 e. The fourth-order valence-electron chi connectivity index (χ4n) is 4.97. The molecular formula is C26H27F3N4O3. The Bertz CT molecular complexity index is 1220. The van der Waals surface area contributed by atoms with E-state index >= 15 is 0 Å². The van der Waals surface area contributed by atoms with Crippen molar-refractivity contribution >= 4 is 6.29 Å². The lowest BCUT2D eigenvalue weighted by molar-refractivity contribution is -0.274. The van der Waals surface area contributed by atoms with E-state index in [1.807, 2.05) is 24.3 Å². The lowest BCUT2D eigenvalue weighted by Crippen LogP contribution is -2.37. The second-order valence-electron chi connectivity index (χ2n) is 9.19. The van der Waals surface area contributed by atoms with Crippen molar-refractivity contribution < 1.29 is 27.4 Å². The van der Waals surface area contributed by atoms with Gasteiger partial charge in [-0.1, -0.05) is 12.1 Å². The lowest BCUT2D eigenvalue weighted by atomic mass is 9.96. The van der Waals surface area contributed by atoms with E-state index < -0.39 is 12.4 Å². The number of alkyl halides is 3. The smallest absolute Gasteiger partial charge is 0.406 e. The van der Waals surface area contributed by atoms with Gasteiger partial charge in [0, 0.05) is 37.9 Å². The highest BCUT2D eigenvalue weighted by atomic mass is 19.4. The van der Waals surface area contributed by atoms with Crippen LogP contribution in [0.25, 0.3) is 11.3 Å². The molecule has 0 radical (unpaired) electrons. The van der Waals surface area contributed by atoms with Gasteiger partial charge in [-0.2, -0.15) is 0 Å². The molecule has 1 unspecified atom stereocenters. The van der Waals surface area contributed by atoms with Crippen LogP contribution in [0.2, 0.25) is 0 Å². The molecule has 5 rings (SSSR count). The SMILES string of the molecule is Cc1cc(-c2cn(CN3CCOCC3)cn2)cc2c1C(C=O)N(Cc1ccc(OC(F)(F)F)cc1)C2. The first-order valence-corrected chi connectivity index (χ1v) is 11.8. The van der Waals surface area contributed by atoms with Gasteiger partial charge in [-0.3, -0.25) is 9.80 Å². The van der Waals surface area contributed by atoms with Crippen molar-refractivity contribution in [2.75, 3.05) is 26.3 Å². The Kier molecular flexibility index (Phi) is 6.83. The Balaban J connectivity index is 1.31. The van der Waals surface area contributed by atoms with Crippen LogP contribution in [0.4, 0.5) is 13.2 Å². The number of aldehydes is 1. The average molecular weight is 501 g/mol. The van der Waals surface area contributed by atoms with Gasteiger partial charge in [-0.25, -0.2) is 4.98 Å². The van der Waals surface area contributed by atoms with E-state index in [4.69, 9.17) is 4.74 Å². The molecule has 0 saturated carbocycles. The van der Waals surface area contributed by atoms with Gasteiger partial charge in [0.15, 0.2) is 0 Å². The Morgan fingerprint density at radius 2 is 1.92 bits per heavy atom. The summed E-state index contributed by atoms with van der Waals surface area (Å²) in [5.74, 6) is -0.267. The predicted molar refractivity (Wildman–Crippen MR) is 126 cm³/mol. The van der Waals surface area contributed by atoms with E-state index in [0.29, 0.717) is 13.1 Å². The normalized spacial score (nSPS) is 18.8. The molecule has 2 aliphatic rings. The van der Waals surface area contributed by atoms with E-state index in [2.05, 4.69) is 31.3 Å². The third kappa shape index (κ3) is 5.45. The molecule has 0 aliphatic carbocycles. The van der Waals surface area contributed by atoms with Crippen LogP contribution in [-0.2, 0) is 29.3 Å². The summed E-state index contributed by atoms with van der Waals surface area (Å²) < 4.78 is 48.7. The van der Waals surface area contributed by atoms with Crippen LogP contribution in [-0.4, -0.2) is 58.3 Å². The number of carbonyl (C=O) groups is 1. The topological polar surface area (TPSA) is 59.8 Å². The summed E-state index contributed by atoms with van der Waals surface area (Å²) in [6, 6.07) is 9.48. The van der Waals surface area contributed by atoms with Crippen LogP contribution in [0, 0.1) is 6.92 Å². The van der Waals surface area contributed by atoms with Crippen molar-refractivity contribution in [1.29, 1.82) is 0 Å². The number of halogens is 3. The standard InChI is InChI=1S/C26H27F3N4O3/c1-18-10-20(23-14-32(16-30-23)17-31-6-8-35-9-7-31)11-21-13-33(24(15-34)25(18)21)12-19-2-4-22(5-3-19)36-26(27,28)29/h2-5,10-11,14-16,24H,6-9,12-13,17H2,1H3. The maximum atomic E-state index is 12.4. The second kappa shape index (κ2) is 10.0. The lowest BCUT2D eigenvalue weighted by Gasteiger charge is -2.26. The van der Waals surface area contributed by atoms with Crippen LogP contribution < -0.4 is 4.74 Å². The van der Waals surface area contributed by atoms with Gasteiger partial charge in [0.2, 0.25) is 0 Å². The highest BCUT2D eigenvalue weighted by Gasteiger charge is 2.33. The van der Waals surface area contributed by atoms with Crippen molar-refractivity contribution in [2.45, 2.75) is 39.1 Å². The molecule has 3 heterocycles. The summed E-state index contributed by atoms with van der Waals surface area (Å²) in [7, 11) is 0. The number of morpholine rings is 1. The van der Waals surface area contributed by atoms with Gasteiger partial charge >= 0.3 is 6.36 Å². The van der Waals surface area contributed by atoms with Crippen LogP contribution in [0.3, 0.4) is 0 Å². The number of rotatable bonds is 7.